The predicted molar refractivity (Wildman–Crippen MR) is 129 cm³/mol. The Morgan fingerprint density at radius 3 is 2.23 bits per heavy atom. The molecule has 210 valence electrons. The molecule has 3 amide bonds. The highest BCUT2D eigenvalue weighted by molar-refractivity contribution is 5.83. The summed E-state index contributed by atoms with van der Waals surface area (Å²) in [5.41, 5.74) is -1.74. The Kier molecular flexibility index (Phi) is 7.70. The molecule has 0 bridgehead atoms. The van der Waals surface area contributed by atoms with Gasteiger partial charge in [-0.2, -0.15) is 26.3 Å². The zero-order chi connectivity index (χ0) is 28.7. The Bertz CT molecular complexity index is 1230. The van der Waals surface area contributed by atoms with Gasteiger partial charge in [-0.05, 0) is 48.2 Å². The van der Waals surface area contributed by atoms with Crippen LogP contribution in [-0.2, 0) is 23.7 Å². The molecular weight excluding hydrogens is 528 g/mol. The molecule has 2 saturated heterocycles. The van der Waals surface area contributed by atoms with Crippen molar-refractivity contribution in [1.82, 2.24) is 14.7 Å². The van der Waals surface area contributed by atoms with E-state index in [9.17, 15) is 41.0 Å². The number of hydrogen-bond donors (Lipinski definition) is 1. The quantitative estimate of drug-likeness (QED) is 0.505. The molecule has 2 aliphatic rings. The van der Waals surface area contributed by atoms with Crippen molar-refractivity contribution in [1.29, 1.82) is 0 Å². The predicted octanol–water partition coefficient (Wildman–Crippen LogP) is 5.36. The molecule has 0 saturated carbocycles. The normalized spacial score (nSPS) is 21.6. The average Bonchev–Trinajstić information content (AvgIpc) is 3.21. The molecule has 12 heteroatoms. The molecule has 0 aliphatic carbocycles. The van der Waals surface area contributed by atoms with Gasteiger partial charge in [0.1, 0.15) is 0 Å². The van der Waals surface area contributed by atoms with Crippen molar-refractivity contribution in [3.63, 3.8) is 0 Å². The zero-order valence-corrected chi connectivity index (χ0v) is 21.0. The van der Waals surface area contributed by atoms with Gasteiger partial charge in [0.05, 0.1) is 42.3 Å². The smallest absolute Gasteiger partial charge is 0.396 e. The van der Waals surface area contributed by atoms with Crippen molar-refractivity contribution in [3.05, 3.63) is 83.1 Å². The number of aryl methyl sites for hydroxylation is 1. The lowest BCUT2D eigenvalue weighted by Crippen LogP contribution is -2.57. The van der Waals surface area contributed by atoms with Crippen molar-refractivity contribution >= 4 is 11.9 Å². The summed E-state index contributed by atoms with van der Waals surface area (Å²) >= 11 is 0. The van der Waals surface area contributed by atoms with Crippen LogP contribution in [0.2, 0.25) is 0 Å². The molecule has 2 fully saturated rings. The summed E-state index contributed by atoms with van der Waals surface area (Å²) in [4.78, 5) is 30.7. The van der Waals surface area contributed by atoms with Crippen LogP contribution in [0.3, 0.4) is 0 Å². The number of benzene rings is 2. The van der Waals surface area contributed by atoms with Gasteiger partial charge < -0.3 is 14.9 Å². The van der Waals surface area contributed by atoms with Gasteiger partial charge in [-0.1, -0.05) is 30.8 Å². The highest BCUT2D eigenvalue weighted by Crippen LogP contribution is 2.42. The maximum absolute atomic E-state index is 13.8. The molecule has 2 aromatic rings. The van der Waals surface area contributed by atoms with Crippen LogP contribution in [0.1, 0.15) is 40.3 Å². The van der Waals surface area contributed by atoms with Crippen molar-refractivity contribution in [2.45, 2.75) is 44.3 Å². The number of urea groups is 1. The Hall–Kier alpha value is -3.54. The first-order valence-electron chi connectivity index (χ1n) is 12.2. The van der Waals surface area contributed by atoms with Crippen LogP contribution in [0, 0.1) is 12.8 Å². The Balaban J connectivity index is 1.70. The van der Waals surface area contributed by atoms with Crippen LogP contribution in [0.5, 0.6) is 0 Å². The van der Waals surface area contributed by atoms with Crippen LogP contribution in [0.15, 0.2) is 55.2 Å². The van der Waals surface area contributed by atoms with Gasteiger partial charge in [-0.15, -0.1) is 0 Å². The van der Waals surface area contributed by atoms with Crippen molar-refractivity contribution in [2.75, 3.05) is 19.7 Å². The molecule has 0 aromatic heterocycles. The highest BCUT2D eigenvalue weighted by Gasteiger charge is 2.49. The largest absolute Gasteiger partial charge is 0.416 e. The van der Waals surface area contributed by atoms with Gasteiger partial charge in [0, 0.05) is 19.3 Å². The number of halogens is 6. The van der Waals surface area contributed by atoms with E-state index >= 15 is 0 Å². The van der Waals surface area contributed by atoms with E-state index in [0.717, 1.165) is 22.2 Å². The number of rotatable bonds is 5. The second-order valence-electron chi connectivity index (χ2n) is 9.72. The molecule has 2 aromatic carbocycles. The first-order valence-corrected chi connectivity index (χ1v) is 12.2. The lowest BCUT2D eigenvalue weighted by atomic mass is 9.89. The standard InChI is InChI=1S/C27H27F6N3O3/c1-3-34(14-17-10-19(26(28,29)30)13-20(11-17)27(31,32)33)25(39)36-9-8-35-22(12-18(15-37)24(35)38)23(36)21-7-5-4-6-16(21)2/h3-7,10-11,13,18,22-23,37H,1,8-9,12,14-15H2,2H3. The summed E-state index contributed by atoms with van der Waals surface area (Å²) in [6, 6.07) is 6.63. The van der Waals surface area contributed by atoms with E-state index in [1.54, 1.807) is 17.0 Å². The van der Waals surface area contributed by atoms with E-state index in [1.807, 2.05) is 19.1 Å². The number of hydrogen-bond acceptors (Lipinski definition) is 3. The maximum atomic E-state index is 13.8. The minimum atomic E-state index is -5.02. The summed E-state index contributed by atoms with van der Waals surface area (Å²) in [6.07, 6.45) is -8.70. The summed E-state index contributed by atoms with van der Waals surface area (Å²) in [5, 5.41) is 9.71. The van der Waals surface area contributed by atoms with E-state index in [0.29, 0.717) is 12.1 Å². The monoisotopic (exact) mass is 555 g/mol. The van der Waals surface area contributed by atoms with Crippen LogP contribution in [0.25, 0.3) is 0 Å². The fraction of sp³-hybridized carbons (Fsp3) is 0.407. The minimum absolute atomic E-state index is 0.0334. The molecule has 3 unspecified atom stereocenters. The number of alkyl halides is 6. The number of fused-ring (bicyclic) bond motifs is 1. The third kappa shape index (κ3) is 5.61. The first kappa shape index (κ1) is 28.5. The molecule has 4 rings (SSSR count). The second-order valence-corrected chi connectivity index (χ2v) is 9.72. The summed E-state index contributed by atoms with van der Waals surface area (Å²) in [6.45, 7) is 4.71. The molecule has 2 heterocycles. The third-order valence-corrected chi connectivity index (χ3v) is 7.28. The highest BCUT2D eigenvalue weighted by atomic mass is 19.4. The maximum Gasteiger partial charge on any atom is 0.416 e. The molecule has 3 atom stereocenters. The summed E-state index contributed by atoms with van der Waals surface area (Å²) in [5.74, 6) is -0.851. The Morgan fingerprint density at radius 1 is 1.08 bits per heavy atom. The minimum Gasteiger partial charge on any atom is -0.396 e. The second kappa shape index (κ2) is 10.6. The van der Waals surface area contributed by atoms with E-state index in [-0.39, 0.29) is 43.7 Å². The number of nitrogens with zero attached hydrogens (tertiary/aromatic N) is 3. The van der Waals surface area contributed by atoms with E-state index in [2.05, 4.69) is 6.58 Å². The molecule has 6 nitrogen and oxygen atoms in total. The van der Waals surface area contributed by atoms with Gasteiger partial charge in [0.15, 0.2) is 0 Å². The number of piperazine rings is 1. The molecule has 0 radical (unpaired) electrons. The summed E-state index contributed by atoms with van der Waals surface area (Å²) in [7, 11) is 0. The van der Waals surface area contributed by atoms with Crippen LogP contribution in [-0.4, -0.2) is 57.5 Å². The fourth-order valence-corrected chi connectivity index (χ4v) is 5.40. The fourth-order valence-electron chi connectivity index (χ4n) is 5.40. The van der Waals surface area contributed by atoms with Gasteiger partial charge >= 0.3 is 18.4 Å². The third-order valence-electron chi connectivity index (χ3n) is 7.28. The SMILES string of the molecule is C=CN(Cc1cc(C(F)(F)F)cc(C(F)(F)F)c1)C(=O)N1CCN2C(=O)C(CO)CC2C1c1ccccc1C. The van der Waals surface area contributed by atoms with E-state index in [1.165, 1.54) is 4.90 Å². The summed E-state index contributed by atoms with van der Waals surface area (Å²) < 4.78 is 80.2. The van der Waals surface area contributed by atoms with Crippen molar-refractivity contribution in [2.24, 2.45) is 5.92 Å². The van der Waals surface area contributed by atoms with Gasteiger partial charge in [0.2, 0.25) is 5.91 Å². The molecule has 1 N–H and O–H groups in total. The number of carbonyl (C=O) groups is 2. The Morgan fingerprint density at radius 2 is 1.69 bits per heavy atom. The number of amides is 3. The molecular formula is C27H27F6N3O3. The van der Waals surface area contributed by atoms with Gasteiger partial charge in [-0.25, -0.2) is 4.79 Å². The number of aliphatic hydroxyl groups excluding tert-OH is 1. The lowest BCUT2D eigenvalue weighted by molar-refractivity contribution is -0.143. The van der Waals surface area contributed by atoms with E-state index in [4.69, 9.17) is 0 Å². The molecule has 0 spiro atoms. The van der Waals surface area contributed by atoms with Gasteiger partial charge in [-0.3, -0.25) is 9.69 Å². The topological polar surface area (TPSA) is 64.1 Å². The molecule has 2 aliphatic heterocycles. The van der Waals surface area contributed by atoms with Crippen LogP contribution < -0.4 is 0 Å². The number of carbonyl (C=O) groups excluding carboxylic acids is 2. The first-order chi connectivity index (χ1) is 18.3. The Labute approximate surface area is 221 Å². The van der Waals surface area contributed by atoms with Gasteiger partial charge in [0.25, 0.3) is 0 Å². The van der Waals surface area contributed by atoms with Crippen LogP contribution >= 0.6 is 0 Å². The lowest BCUT2D eigenvalue weighted by Gasteiger charge is -2.46. The van der Waals surface area contributed by atoms with Crippen molar-refractivity contribution < 1.29 is 41.0 Å². The zero-order valence-electron chi connectivity index (χ0n) is 21.0. The average molecular weight is 556 g/mol. The van der Waals surface area contributed by atoms with Crippen LogP contribution in [0.4, 0.5) is 31.1 Å². The van der Waals surface area contributed by atoms with Crippen molar-refractivity contribution in [3.8, 4) is 0 Å². The van der Waals surface area contributed by atoms with E-state index < -0.39 is 54.1 Å². The molecule has 39 heavy (non-hydrogen) atoms. The number of aliphatic hydroxyl groups is 1.